The standard InChI is InChI=1S/C16H25N3O2/c1-16(2,3)21-15(20)18-11-5-10-17-14-9-8-12-6-4-7-13(12)19-14/h8-9H,4-7,10-11H2,1-3H3,(H,17,19)(H,18,20). The van der Waals surface area contributed by atoms with Crippen LogP contribution in [-0.2, 0) is 17.6 Å². The van der Waals surface area contributed by atoms with Crippen molar-refractivity contribution in [3.8, 4) is 0 Å². The van der Waals surface area contributed by atoms with E-state index >= 15 is 0 Å². The minimum Gasteiger partial charge on any atom is -0.444 e. The van der Waals surface area contributed by atoms with Gasteiger partial charge in [0, 0.05) is 18.8 Å². The number of aromatic nitrogens is 1. The molecule has 1 aromatic heterocycles. The molecule has 21 heavy (non-hydrogen) atoms. The molecule has 1 aromatic rings. The first-order valence-electron chi connectivity index (χ1n) is 7.63. The Morgan fingerprint density at radius 2 is 2.10 bits per heavy atom. The molecule has 0 radical (unpaired) electrons. The summed E-state index contributed by atoms with van der Waals surface area (Å²) in [5.74, 6) is 0.924. The molecule has 0 atom stereocenters. The van der Waals surface area contributed by atoms with Crippen LogP contribution in [0.1, 0.15) is 44.9 Å². The summed E-state index contributed by atoms with van der Waals surface area (Å²) in [5.41, 5.74) is 2.16. The van der Waals surface area contributed by atoms with E-state index in [1.165, 1.54) is 17.7 Å². The number of carbonyl (C=O) groups excluding carboxylic acids is 1. The topological polar surface area (TPSA) is 63.2 Å². The fraction of sp³-hybridized carbons (Fsp3) is 0.625. The van der Waals surface area contributed by atoms with Crippen molar-refractivity contribution in [3.05, 3.63) is 23.4 Å². The van der Waals surface area contributed by atoms with Gasteiger partial charge in [-0.2, -0.15) is 0 Å². The number of fused-ring (bicyclic) bond motifs is 1. The van der Waals surface area contributed by atoms with Gasteiger partial charge in [0.05, 0.1) is 0 Å². The van der Waals surface area contributed by atoms with Crippen LogP contribution in [0.3, 0.4) is 0 Å². The lowest BCUT2D eigenvalue weighted by Crippen LogP contribution is -2.33. The number of alkyl carbamates (subject to hydrolysis) is 1. The van der Waals surface area contributed by atoms with Crippen molar-refractivity contribution in [1.29, 1.82) is 0 Å². The minimum absolute atomic E-state index is 0.363. The summed E-state index contributed by atoms with van der Waals surface area (Å²) in [4.78, 5) is 16.1. The second kappa shape index (κ2) is 6.78. The van der Waals surface area contributed by atoms with Crippen molar-refractivity contribution in [3.63, 3.8) is 0 Å². The number of anilines is 1. The van der Waals surface area contributed by atoms with Gasteiger partial charge in [0.2, 0.25) is 0 Å². The van der Waals surface area contributed by atoms with E-state index in [4.69, 9.17) is 4.74 Å². The molecule has 5 heteroatoms. The lowest BCUT2D eigenvalue weighted by Gasteiger charge is -2.19. The smallest absolute Gasteiger partial charge is 0.407 e. The lowest BCUT2D eigenvalue weighted by molar-refractivity contribution is 0.0528. The van der Waals surface area contributed by atoms with Crippen LogP contribution in [-0.4, -0.2) is 29.8 Å². The Bertz CT molecular complexity index is 495. The predicted molar refractivity (Wildman–Crippen MR) is 83.6 cm³/mol. The molecule has 0 bridgehead atoms. The third-order valence-corrected chi connectivity index (χ3v) is 3.26. The Kier molecular flexibility index (Phi) is 5.04. The summed E-state index contributed by atoms with van der Waals surface area (Å²) < 4.78 is 5.17. The molecule has 0 fully saturated rings. The predicted octanol–water partition coefficient (Wildman–Crippen LogP) is 2.90. The molecule has 0 aliphatic heterocycles. The van der Waals surface area contributed by atoms with Gasteiger partial charge in [-0.05, 0) is 58.1 Å². The van der Waals surface area contributed by atoms with Crippen molar-refractivity contribution >= 4 is 11.9 Å². The number of pyridine rings is 1. The van der Waals surface area contributed by atoms with Crippen molar-refractivity contribution in [2.75, 3.05) is 18.4 Å². The van der Waals surface area contributed by atoms with Gasteiger partial charge >= 0.3 is 6.09 Å². The summed E-state index contributed by atoms with van der Waals surface area (Å²) in [6, 6.07) is 4.20. The number of nitrogens with one attached hydrogen (secondary N) is 2. The zero-order valence-corrected chi connectivity index (χ0v) is 13.2. The van der Waals surface area contributed by atoms with Crippen LogP contribution in [0.15, 0.2) is 12.1 Å². The molecule has 1 heterocycles. The fourth-order valence-electron chi connectivity index (χ4n) is 2.33. The number of rotatable bonds is 5. The SMILES string of the molecule is CC(C)(C)OC(=O)NCCCNc1ccc2c(n1)CCC2. The Hall–Kier alpha value is -1.78. The van der Waals surface area contributed by atoms with E-state index in [1.54, 1.807) is 0 Å². The Morgan fingerprint density at radius 1 is 1.29 bits per heavy atom. The monoisotopic (exact) mass is 291 g/mol. The molecule has 1 amide bonds. The van der Waals surface area contributed by atoms with Crippen LogP contribution in [0.25, 0.3) is 0 Å². The van der Waals surface area contributed by atoms with Gasteiger partial charge in [-0.1, -0.05) is 6.07 Å². The lowest BCUT2D eigenvalue weighted by atomic mass is 10.2. The maximum absolute atomic E-state index is 11.5. The Labute approximate surface area is 126 Å². The van der Waals surface area contributed by atoms with Gasteiger partial charge in [-0.3, -0.25) is 0 Å². The molecule has 2 N–H and O–H groups in total. The van der Waals surface area contributed by atoms with Gasteiger partial charge in [0.1, 0.15) is 11.4 Å². The maximum Gasteiger partial charge on any atom is 0.407 e. The van der Waals surface area contributed by atoms with E-state index in [9.17, 15) is 4.79 Å². The molecular formula is C16H25N3O2. The molecule has 1 aliphatic rings. The van der Waals surface area contributed by atoms with Gasteiger partial charge in [-0.15, -0.1) is 0 Å². The van der Waals surface area contributed by atoms with E-state index in [0.717, 1.165) is 31.6 Å². The zero-order valence-electron chi connectivity index (χ0n) is 13.2. The van der Waals surface area contributed by atoms with Crippen molar-refractivity contribution < 1.29 is 9.53 Å². The molecule has 2 rings (SSSR count). The first-order valence-corrected chi connectivity index (χ1v) is 7.63. The van der Waals surface area contributed by atoms with E-state index in [2.05, 4.69) is 21.7 Å². The highest BCUT2D eigenvalue weighted by atomic mass is 16.6. The highest BCUT2D eigenvalue weighted by Gasteiger charge is 2.15. The molecule has 0 saturated carbocycles. The number of carbonyl (C=O) groups is 1. The largest absolute Gasteiger partial charge is 0.444 e. The maximum atomic E-state index is 11.5. The summed E-state index contributed by atoms with van der Waals surface area (Å²) >= 11 is 0. The normalized spacial score (nSPS) is 13.7. The summed E-state index contributed by atoms with van der Waals surface area (Å²) in [5, 5.41) is 6.04. The van der Waals surface area contributed by atoms with Crippen molar-refractivity contribution in [2.24, 2.45) is 0 Å². The van der Waals surface area contributed by atoms with Crippen LogP contribution in [0, 0.1) is 0 Å². The second-order valence-corrected chi connectivity index (χ2v) is 6.36. The van der Waals surface area contributed by atoms with E-state index in [0.29, 0.717) is 6.54 Å². The van der Waals surface area contributed by atoms with E-state index in [-0.39, 0.29) is 6.09 Å². The van der Waals surface area contributed by atoms with Crippen molar-refractivity contribution in [2.45, 2.75) is 52.1 Å². The fourth-order valence-corrected chi connectivity index (χ4v) is 2.33. The molecule has 5 nitrogen and oxygen atoms in total. The van der Waals surface area contributed by atoms with Crippen LogP contribution in [0.2, 0.25) is 0 Å². The summed E-state index contributed by atoms with van der Waals surface area (Å²) in [6.07, 6.45) is 3.93. The van der Waals surface area contributed by atoms with E-state index < -0.39 is 5.60 Å². The Morgan fingerprint density at radius 3 is 2.86 bits per heavy atom. The van der Waals surface area contributed by atoms with Crippen LogP contribution >= 0.6 is 0 Å². The average Bonchev–Trinajstić information content (AvgIpc) is 2.83. The average molecular weight is 291 g/mol. The van der Waals surface area contributed by atoms with Gasteiger partial charge in [-0.25, -0.2) is 9.78 Å². The van der Waals surface area contributed by atoms with Gasteiger partial charge < -0.3 is 15.4 Å². The van der Waals surface area contributed by atoms with Crippen LogP contribution in [0.4, 0.5) is 10.6 Å². The van der Waals surface area contributed by atoms with Crippen molar-refractivity contribution in [1.82, 2.24) is 10.3 Å². The number of hydrogen-bond acceptors (Lipinski definition) is 4. The molecule has 1 aliphatic carbocycles. The van der Waals surface area contributed by atoms with Crippen LogP contribution < -0.4 is 10.6 Å². The third kappa shape index (κ3) is 5.25. The quantitative estimate of drug-likeness (QED) is 0.819. The number of hydrogen-bond donors (Lipinski definition) is 2. The Balaban J connectivity index is 1.63. The molecule has 0 spiro atoms. The number of amides is 1. The third-order valence-electron chi connectivity index (χ3n) is 3.26. The highest BCUT2D eigenvalue weighted by Crippen LogP contribution is 2.21. The number of aryl methyl sites for hydroxylation is 2. The highest BCUT2D eigenvalue weighted by molar-refractivity contribution is 5.67. The first kappa shape index (κ1) is 15.6. The molecule has 116 valence electrons. The molecule has 0 aromatic carbocycles. The summed E-state index contributed by atoms with van der Waals surface area (Å²) in [7, 11) is 0. The first-order chi connectivity index (χ1) is 9.94. The van der Waals surface area contributed by atoms with Gasteiger partial charge in [0.15, 0.2) is 0 Å². The second-order valence-electron chi connectivity index (χ2n) is 6.36. The zero-order chi connectivity index (χ0) is 15.3. The molecule has 0 unspecified atom stereocenters. The molecule has 0 saturated heterocycles. The summed E-state index contributed by atoms with van der Waals surface area (Å²) in [6.45, 7) is 6.93. The van der Waals surface area contributed by atoms with Gasteiger partial charge in [0.25, 0.3) is 0 Å². The number of nitrogens with zero attached hydrogens (tertiary/aromatic N) is 1. The number of ether oxygens (including phenoxy) is 1. The van der Waals surface area contributed by atoms with E-state index in [1.807, 2.05) is 26.8 Å². The minimum atomic E-state index is -0.448. The van der Waals surface area contributed by atoms with Crippen LogP contribution in [0.5, 0.6) is 0 Å². The molecular weight excluding hydrogens is 266 g/mol.